The zero-order valence-electron chi connectivity index (χ0n) is 16.7. The van der Waals surface area contributed by atoms with Gasteiger partial charge in [-0.15, -0.1) is 0 Å². The Morgan fingerprint density at radius 2 is 1.84 bits per heavy atom. The Bertz CT molecular complexity index is 1340. The van der Waals surface area contributed by atoms with Gasteiger partial charge in [-0.3, -0.25) is 5.10 Å². The zero-order valence-corrected chi connectivity index (χ0v) is 17.5. The van der Waals surface area contributed by atoms with E-state index in [1.807, 2.05) is 42.5 Å². The summed E-state index contributed by atoms with van der Waals surface area (Å²) in [5.74, 6) is -0.0867. The smallest absolute Gasteiger partial charge is 0.216 e. The second-order valence-electron chi connectivity index (χ2n) is 7.86. The van der Waals surface area contributed by atoms with Crippen LogP contribution in [-0.4, -0.2) is 10.2 Å². The third kappa shape index (κ3) is 3.52. The summed E-state index contributed by atoms with van der Waals surface area (Å²) in [5, 5.41) is 16.7. The highest BCUT2D eigenvalue weighted by molar-refractivity contribution is 6.33. The summed E-state index contributed by atoms with van der Waals surface area (Å²) in [6.07, 6.45) is 3.31. The monoisotopic (exact) mass is 427 g/mol. The van der Waals surface area contributed by atoms with E-state index in [9.17, 15) is 9.65 Å². The molecule has 152 valence electrons. The fourth-order valence-electron chi connectivity index (χ4n) is 4.28. The largest absolute Gasteiger partial charge is 0.252 e. The lowest BCUT2D eigenvalue weighted by Crippen LogP contribution is -2.15. The van der Waals surface area contributed by atoms with Crippen LogP contribution in [0.2, 0.25) is 5.02 Å². The summed E-state index contributed by atoms with van der Waals surface area (Å²) in [6, 6.07) is 23.4. The van der Waals surface area contributed by atoms with E-state index in [1.54, 1.807) is 12.1 Å². The predicted octanol–water partition coefficient (Wildman–Crippen LogP) is 6.99. The highest BCUT2D eigenvalue weighted by atomic mass is 35.5. The van der Waals surface area contributed by atoms with Gasteiger partial charge in [-0.1, -0.05) is 60.5 Å². The van der Waals surface area contributed by atoms with E-state index in [-0.39, 0.29) is 0 Å². The maximum absolute atomic E-state index is 14.3. The van der Waals surface area contributed by atoms with Crippen LogP contribution in [0.5, 0.6) is 0 Å². The van der Waals surface area contributed by atoms with E-state index < -0.39 is 5.95 Å². The Hall–Kier alpha value is -3.42. The summed E-state index contributed by atoms with van der Waals surface area (Å²) >= 11 is 6.69. The minimum atomic E-state index is -0.439. The van der Waals surface area contributed by atoms with Crippen LogP contribution in [0.15, 0.2) is 66.7 Å². The number of fused-ring (bicyclic) bond motifs is 1. The van der Waals surface area contributed by atoms with Crippen molar-refractivity contribution in [2.75, 3.05) is 0 Å². The van der Waals surface area contributed by atoms with Gasteiger partial charge in [0, 0.05) is 5.02 Å². The normalized spacial score (nSPS) is 14.7. The van der Waals surface area contributed by atoms with Crippen molar-refractivity contribution >= 4 is 33.7 Å². The molecule has 1 fully saturated rings. The number of hydrogen-bond donors (Lipinski definition) is 1. The average molecular weight is 428 g/mol. The third-order valence-corrected chi connectivity index (χ3v) is 6.34. The van der Waals surface area contributed by atoms with Crippen LogP contribution in [0, 0.1) is 23.2 Å². The number of hydrogen-bond acceptors (Lipinski definition) is 2. The number of benzene rings is 3. The van der Waals surface area contributed by atoms with E-state index in [0.717, 1.165) is 40.7 Å². The molecule has 1 saturated carbocycles. The number of halogens is 2. The molecule has 3 aromatic carbocycles. The van der Waals surface area contributed by atoms with Gasteiger partial charge < -0.3 is 0 Å². The molecule has 0 amide bonds. The number of rotatable bonds is 4. The zero-order chi connectivity index (χ0) is 21.4. The van der Waals surface area contributed by atoms with Crippen LogP contribution in [0.4, 0.5) is 4.39 Å². The maximum Gasteiger partial charge on any atom is 0.216 e. The van der Waals surface area contributed by atoms with Crippen LogP contribution in [0.25, 0.3) is 22.0 Å². The SMILES string of the molecule is N#Cc1ccc(/C(=C(\c2ccccc2)c2ccc3n[nH]c(F)c3c2)C2CCC2)c(Cl)c1. The van der Waals surface area contributed by atoms with Crippen molar-refractivity contribution < 1.29 is 4.39 Å². The lowest BCUT2D eigenvalue weighted by Gasteiger charge is -2.32. The number of nitriles is 1. The molecule has 5 rings (SSSR count). The molecule has 1 heterocycles. The number of allylic oxidation sites excluding steroid dienone is 1. The number of aromatic nitrogens is 2. The fourth-order valence-corrected chi connectivity index (χ4v) is 4.56. The number of H-pyrrole nitrogens is 1. The van der Waals surface area contributed by atoms with E-state index >= 15 is 0 Å². The quantitative estimate of drug-likeness (QED) is 0.357. The molecule has 0 saturated heterocycles. The molecule has 5 heteroatoms. The molecule has 0 atom stereocenters. The van der Waals surface area contributed by atoms with Crippen LogP contribution < -0.4 is 0 Å². The molecular formula is C26H19ClFN3. The minimum absolute atomic E-state index is 0.352. The van der Waals surface area contributed by atoms with Gasteiger partial charge in [0.25, 0.3) is 0 Å². The maximum atomic E-state index is 14.3. The molecule has 31 heavy (non-hydrogen) atoms. The van der Waals surface area contributed by atoms with Crippen LogP contribution in [-0.2, 0) is 0 Å². The first-order chi connectivity index (χ1) is 15.2. The Labute approximate surface area is 184 Å². The first-order valence-electron chi connectivity index (χ1n) is 10.3. The summed E-state index contributed by atoms with van der Waals surface area (Å²) < 4.78 is 14.3. The standard InChI is InChI=1S/C26H19ClFN3/c27-22-13-16(15-29)9-11-20(22)25(18-7-4-8-18)24(17-5-2-1-3-6-17)19-10-12-23-21(14-19)26(28)31-30-23/h1-3,5-6,9-14,18H,4,7-8H2,(H,30,31)/b25-24+. The van der Waals surface area contributed by atoms with Crippen molar-refractivity contribution in [3.05, 3.63) is 100.0 Å². The molecule has 1 aliphatic rings. The van der Waals surface area contributed by atoms with E-state index in [2.05, 4.69) is 28.4 Å². The molecule has 3 nitrogen and oxygen atoms in total. The van der Waals surface area contributed by atoms with Gasteiger partial charge in [0.05, 0.1) is 22.5 Å². The van der Waals surface area contributed by atoms with Crippen molar-refractivity contribution in [1.29, 1.82) is 5.26 Å². The molecule has 0 unspecified atom stereocenters. The molecular weight excluding hydrogens is 409 g/mol. The molecule has 1 N–H and O–H groups in total. The molecule has 0 aliphatic heterocycles. The van der Waals surface area contributed by atoms with Crippen molar-refractivity contribution in [2.24, 2.45) is 5.92 Å². The first kappa shape index (κ1) is 19.5. The summed E-state index contributed by atoms with van der Waals surface area (Å²) in [5.41, 5.74) is 6.21. The Kier molecular flexibility index (Phi) is 5.05. The van der Waals surface area contributed by atoms with Crippen molar-refractivity contribution in [3.8, 4) is 6.07 Å². The third-order valence-electron chi connectivity index (χ3n) is 6.03. The van der Waals surface area contributed by atoms with E-state index in [1.165, 1.54) is 6.42 Å². The molecule has 0 spiro atoms. The van der Waals surface area contributed by atoms with Crippen molar-refractivity contribution in [1.82, 2.24) is 10.2 Å². The van der Waals surface area contributed by atoms with Gasteiger partial charge in [0.1, 0.15) is 0 Å². The highest BCUT2D eigenvalue weighted by Crippen LogP contribution is 2.47. The van der Waals surface area contributed by atoms with Gasteiger partial charge in [-0.2, -0.15) is 14.8 Å². The van der Waals surface area contributed by atoms with Crippen molar-refractivity contribution in [2.45, 2.75) is 19.3 Å². The summed E-state index contributed by atoms with van der Waals surface area (Å²) in [4.78, 5) is 0. The van der Waals surface area contributed by atoms with Gasteiger partial charge in [0.2, 0.25) is 5.95 Å². The molecule has 1 aliphatic carbocycles. The highest BCUT2D eigenvalue weighted by Gasteiger charge is 2.28. The second kappa shape index (κ2) is 8.02. The number of nitrogens with one attached hydrogen (secondary N) is 1. The average Bonchev–Trinajstić information content (AvgIpc) is 3.13. The topological polar surface area (TPSA) is 52.5 Å². The second-order valence-corrected chi connectivity index (χ2v) is 8.27. The van der Waals surface area contributed by atoms with Crippen LogP contribution in [0.3, 0.4) is 0 Å². The van der Waals surface area contributed by atoms with Gasteiger partial charge in [-0.05, 0) is 70.9 Å². The summed E-state index contributed by atoms with van der Waals surface area (Å²) in [7, 11) is 0. The minimum Gasteiger partial charge on any atom is -0.252 e. The van der Waals surface area contributed by atoms with Gasteiger partial charge in [-0.25, -0.2) is 0 Å². The molecule has 4 aromatic rings. The molecule has 0 radical (unpaired) electrons. The fraction of sp³-hybridized carbons (Fsp3) is 0.154. The molecule has 1 aromatic heterocycles. The first-order valence-corrected chi connectivity index (χ1v) is 10.7. The lowest BCUT2D eigenvalue weighted by molar-refractivity contribution is 0.401. The Morgan fingerprint density at radius 3 is 2.52 bits per heavy atom. The van der Waals surface area contributed by atoms with Crippen LogP contribution in [0.1, 0.15) is 41.5 Å². The van der Waals surface area contributed by atoms with E-state index in [4.69, 9.17) is 11.6 Å². The van der Waals surface area contributed by atoms with Gasteiger partial charge >= 0.3 is 0 Å². The Morgan fingerprint density at radius 1 is 1.03 bits per heavy atom. The van der Waals surface area contributed by atoms with E-state index in [0.29, 0.717) is 27.4 Å². The van der Waals surface area contributed by atoms with Gasteiger partial charge in [0.15, 0.2) is 0 Å². The van der Waals surface area contributed by atoms with Crippen molar-refractivity contribution in [3.63, 3.8) is 0 Å². The number of nitrogens with zero attached hydrogens (tertiary/aromatic N) is 2. The molecule has 0 bridgehead atoms. The lowest BCUT2D eigenvalue weighted by atomic mass is 9.73. The Balaban J connectivity index is 1.83. The number of aromatic amines is 1. The summed E-state index contributed by atoms with van der Waals surface area (Å²) in [6.45, 7) is 0. The van der Waals surface area contributed by atoms with Crippen LogP contribution >= 0.6 is 11.6 Å². The predicted molar refractivity (Wildman–Crippen MR) is 122 cm³/mol.